The Labute approximate surface area is 158 Å². The zero-order valence-corrected chi connectivity index (χ0v) is 16.0. The third-order valence-corrected chi connectivity index (χ3v) is 5.57. The Morgan fingerprint density at radius 1 is 1.22 bits per heavy atom. The van der Waals surface area contributed by atoms with Gasteiger partial charge in [0, 0.05) is 24.0 Å². The van der Waals surface area contributed by atoms with Crippen LogP contribution in [0.3, 0.4) is 0 Å². The number of amides is 1. The standard InChI is InChI=1S/C19H22FN3O3S/c1-13(2)23(16-5-3-15(20)4-6-16)12-19(24)22-10-9-14-11-17(27(21,25)26)7-8-18(14)22/h3-8,11,13H,9-10,12H2,1-2H3,(H2,21,25,26). The van der Waals surface area contributed by atoms with E-state index in [2.05, 4.69) is 0 Å². The van der Waals surface area contributed by atoms with Crippen LogP contribution >= 0.6 is 0 Å². The third-order valence-electron chi connectivity index (χ3n) is 4.66. The molecule has 27 heavy (non-hydrogen) atoms. The number of primary sulfonamides is 1. The van der Waals surface area contributed by atoms with Gasteiger partial charge in [-0.15, -0.1) is 0 Å². The molecule has 0 spiro atoms. The van der Waals surface area contributed by atoms with Gasteiger partial charge in [-0.1, -0.05) is 0 Å². The van der Waals surface area contributed by atoms with E-state index in [0.29, 0.717) is 18.7 Å². The van der Waals surface area contributed by atoms with Crippen LogP contribution in [-0.2, 0) is 21.2 Å². The Morgan fingerprint density at radius 2 is 1.89 bits per heavy atom. The number of nitrogens with zero attached hydrogens (tertiary/aromatic N) is 2. The number of halogens is 1. The molecule has 2 aromatic rings. The van der Waals surface area contributed by atoms with E-state index in [1.165, 1.54) is 24.3 Å². The van der Waals surface area contributed by atoms with Gasteiger partial charge < -0.3 is 9.80 Å². The molecule has 0 radical (unpaired) electrons. The van der Waals surface area contributed by atoms with Crippen molar-refractivity contribution >= 4 is 27.3 Å². The van der Waals surface area contributed by atoms with Crippen molar-refractivity contribution in [3.05, 3.63) is 53.8 Å². The van der Waals surface area contributed by atoms with E-state index in [1.54, 1.807) is 23.1 Å². The number of carbonyl (C=O) groups is 1. The van der Waals surface area contributed by atoms with Crippen molar-refractivity contribution in [2.75, 3.05) is 22.9 Å². The molecule has 0 fully saturated rings. The molecule has 0 saturated heterocycles. The molecule has 3 rings (SSSR count). The lowest BCUT2D eigenvalue weighted by Crippen LogP contribution is -2.42. The Balaban J connectivity index is 1.82. The molecule has 0 aromatic heterocycles. The zero-order chi connectivity index (χ0) is 19.8. The van der Waals surface area contributed by atoms with Crippen LogP contribution in [0.15, 0.2) is 47.4 Å². The minimum absolute atomic E-state index is 0.0469. The Morgan fingerprint density at radius 3 is 2.48 bits per heavy atom. The van der Waals surface area contributed by atoms with Gasteiger partial charge in [-0.2, -0.15) is 0 Å². The van der Waals surface area contributed by atoms with Crippen LogP contribution in [0, 0.1) is 5.82 Å². The highest BCUT2D eigenvalue weighted by Crippen LogP contribution is 2.30. The monoisotopic (exact) mass is 391 g/mol. The number of nitrogens with two attached hydrogens (primary N) is 1. The van der Waals surface area contributed by atoms with Crippen LogP contribution < -0.4 is 14.9 Å². The first-order chi connectivity index (χ1) is 12.7. The van der Waals surface area contributed by atoms with Crippen LogP contribution in [0.2, 0.25) is 0 Å². The van der Waals surface area contributed by atoms with E-state index in [4.69, 9.17) is 5.14 Å². The number of fused-ring (bicyclic) bond motifs is 1. The van der Waals surface area contributed by atoms with E-state index >= 15 is 0 Å². The fourth-order valence-corrected chi connectivity index (χ4v) is 3.81. The number of anilines is 2. The maximum absolute atomic E-state index is 13.2. The SMILES string of the molecule is CC(C)N(CC(=O)N1CCc2cc(S(N)(=O)=O)ccc21)c1ccc(F)cc1. The fourth-order valence-electron chi connectivity index (χ4n) is 3.25. The fraction of sp³-hybridized carbons (Fsp3) is 0.316. The molecule has 144 valence electrons. The van der Waals surface area contributed by atoms with Gasteiger partial charge in [0.1, 0.15) is 5.82 Å². The summed E-state index contributed by atoms with van der Waals surface area (Å²) in [6, 6.07) is 10.7. The molecular weight excluding hydrogens is 369 g/mol. The first-order valence-corrected chi connectivity index (χ1v) is 10.2. The number of hydrogen-bond acceptors (Lipinski definition) is 4. The summed E-state index contributed by atoms with van der Waals surface area (Å²) in [5.74, 6) is -0.428. The molecular formula is C19H22FN3O3S. The molecule has 0 saturated carbocycles. The number of benzene rings is 2. The first kappa shape index (κ1) is 19.3. The summed E-state index contributed by atoms with van der Waals surface area (Å²) in [5, 5.41) is 5.18. The minimum Gasteiger partial charge on any atom is -0.360 e. The molecule has 0 aliphatic carbocycles. The Kier molecular flexibility index (Phi) is 5.21. The summed E-state index contributed by atoms with van der Waals surface area (Å²) in [5.41, 5.74) is 2.26. The quantitative estimate of drug-likeness (QED) is 0.848. The van der Waals surface area contributed by atoms with Crippen LogP contribution in [0.4, 0.5) is 15.8 Å². The molecule has 1 aliphatic rings. The summed E-state index contributed by atoms with van der Waals surface area (Å²) in [4.78, 5) is 16.5. The number of sulfonamides is 1. The van der Waals surface area contributed by atoms with E-state index in [-0.39, 0.29) is 29.2 Å². The average Bonchev–Trinajstić information content (AvgIpc) is 3.02. The van der Waals surface area contributed by atoms with Crippen LogP contribution in [0.25, 0.3) is 0 Å². The summed E-state index contributed by atoms with van der Waals surface area (Å²) in [6.07, 6.45) is 0.572. The Hall–Kier alpha value is -2.45. The second-order valence-corrected chi connectivity index (χ2v) is 8.39. The highest BCUT2D eigenvalue weighted by Gasteiger charge is 2.27. The number of rotatable bonds is 5. The van der Waals surface area contributed by atoms with Gasteiger partial charge in [0.05, 0.1) is 11.4 Å². The number of carbonyl (C=O) groups excluding carboxylic acids is 1. The van der Waals surface area contributed by atoms with Gasteiger partial charge in [0.25, 0.3) is 0 Å². The lowest BCUT2D eigenvalue weighted by molar-refractivity contribution is -0.117. The molecule has 2 aromatic carbocycles. The summed E-state index contributed by atoms with van der Waals surface area (Å²) in [7, 11) is -3.77. The summed E-state index contributed by atoms with van der Waals surface area (Å²) in [6.45, 7) is 4.55. The van der Waals surface area contributed by atoms with E-state index in [1.807, 2.05) is 18.7 Å². The van der Waals surface area contributed by atoms with Crippen molar-refractivity contribution in [2.45, 2.75) is 31.2 Å². The smallest absolute Gasteiger partial charge is 0.246 e. The van der Waals surface area contributed by atoms with Crippen LogP contribution in [0.1, 0.15) is 19.4 Å². The molecule has 1 amide bonds. The molecule has 0 bridgehead atoms. The van der Waals surface area contributed by atoms with Crippen molar-refractivity contribution in [1.82, 2.24) is 0 Å². The van der Waals surface area contributed by atoms with E-state index in [0.717, 1.165) is 11.3 Å². The zero-order valence-electron chi connectivity index (χ0n) is 15.2. The topological polar surface area (TPSA) is 83.7 Å². The van der Waals surface area contributed by atoms with Gasteiger partial charge in [0.15, 0.2) is 0 Å². The largest absolute Gasteiger partial charge is 0.360 e. The maximum Gasteiger partial charge on any atom is 0.246 e. The lowest BCUT2D eigenvalue weighted by Gasteiger charge is -2.30. The average molecular weight is 391 g/mol. The Bertz CT molecular complexity index is 959. The number of hydrogen-bond donors (Lipinski definition) is 1. The normalized spacial score (nSPS) is 13.7. The highest BCUT2D eigenvalue weighted by molar-refractivity contribution is 7.89. The van der Waals surface area contributed by atoms with Crippen molar-refractivity contribution in [3.8, 4) is 0 Å². The first-order valence-electron chi connectivity index (χ1n) is 8.65. The third kappa shape index (κ3) is 4.12. The van der Waals surface area contributed by atoms with Crippen molar-refractivity contribution in [3.63, 3.8) is 0 Å². The molecule has 0 unspecified atom stereocenters. The van der Waals surface area contributed by atoms with Gasteiger partial charge in [-0.3, -0.25) is 4.79 Å². The highest BCUT2D eigenvalue weighted by atomic mass is 32.2. The predicted molar refractivity (Wildman–Crippen MR) is 103 cm³/mol. The maximum atomic E-state index is 13.2. The molecule has 1 aliphatic heterocycles. The summed E-state index contributed by atoms with van der Waals surface area (Å²) >= 11 is 0. The molecule has 8 heteroatoms. The molecule has 6 nitrogen and oxygen atoms in total. The minimum atomic E-state index is -3.77. The van der Waals surface area contributed by atoms with E-state index in [9.17, 15) is 17.6 Å². The van der Waals surface area contributed by atoms with Crippen molar-refractivity contribution in [1.29, 1.82) is 0 Å². The molecule has 0 atom stereocenters. The molecule has 1 heterocycles. The van der Waals surface area contributed by atoms with Gasteiger partial charge in [-0.05, 0) is 68.3 Å². The predicted octanol–water partition coefficient (Wildman–Crippen LogP) is 2.28. The van der Waals surface area contributed by atoms with Gasteiger partial charge in [-0.25, -0.2) is 17.9 Å². The summed E-state index contributed by atoms with van der Waals surface area (Å²) < 4.78 is 36.2. The lowest BCUT2D eigenvalue weighted by atomic mass is 10.2. The van der Waals surface area contributed by atoms with Crippen molar-refractivity contribution < 1.29 is 17.6 Å². The molecule has 2 N–H and O–H groups in total. The van der Waals surface area contributed by atoms with Crippen LogP contribution in [-0.4, -0.2) is 33.5 Å². The van der Waals surface area contributed by atoms with Crippen molar-refractivity contribution in [2.24, 2.45) is 5.14 Å². The van der Waals surface area contributed by atoms with E-state index < -0.39 is 10.0 Å². The van der Waals surface area contributed by atoms with Gasteiger partial charge >= 0.3 is 0 Å². The second-order valence-electron chi connectivity index (χ2n) is 6.83. The second kappa shape index (κ2) is 7.28. The van der Waals surface area contributed by atoms with Gasteiger partial charge in [0.2, 0.25) is 15.9 Å². The van der Waals surface area contributed by atoms with Crippen LogP contribution in [0.5, 0.6) is 0 Å².